The number of hydrogen-bond donors (Lipinski definition) is 2. The van der Waals surface area contributed by atoms with Gasteiger partial charge in [0.25, 0.3) is 5.91 Å². The number of rotatable bonds is 8. The third kappa shape index (κ3) is 5.60. The zero-order valence-corrected chi connectivity index (χ0v) is 15.5. The molecule has 2 aromatic carbocycles. The average molecular weight is 406 g/mol. The van der Waals surface area contributed by atoms with Crippen molar-refractivity contribution in [3.8, 4) is 5.75 Å². The maximum atomic E-state index is 12.5. The van der Waals surface area contributed by atoms with Crippen LogP contribution in [0.5, 0.6) is 5.75 Å². The lowest BCUT2D eigenvalue weighted by Gasteiger charge is -2.14. The third-order valence-electron chi connectivity index (χ3n) is 3.50. The van der Waals surface area contributed by atoms with Gasteiger partial charge in [-0.05, 0) is 58.6 Å². The molecule has 0 saturated carbocycles. The van der Waals surface area contributed by atoms with Crippen molar-refractivity contribution < 1.29 is 19.4 Å². The zero-order valence-electron chi connectivity index (χ0n) is 13.9. The zero-order chi connectivity index (χ0) is 18.2. The molecule has 2 rings (SSSR count). The van der Waals surface area contributed by atoms with Gasteiger partial charge in [-0.1, -0.05) is 25.1 Å². The number of nitrogens with one attached hydrogen (secondary N) is 1. The molecule has 1 amide bonds. The van der Waals surface area contributed by atoms with Gasteiger partial charge in [-0.3, -0.25) is 9.59 Å². The molecule has 0 fully saturated rings. The predicted octanol–water partition coefficient (Wildman–Crippen LogP) is 4.51. The van der Waals surface area contributed by atoms with Crippen molar-refractivity contribution in [3.05, 3.63) is 58.1 Å². The third-order valence-corrected chi connectivity index (χ3v) is 4.19. The van der Waals surface area contributed by atoms with Crippen molar-refractivity contribution in [2.24, 2.45) is 0 Å². The van der Waals surface area contributed by atoms with Gasteiger partial charge in [-0.2, -0.15) is 0 Å². The van der Waals surface area contributed by atoms with Crippen LogP contribution in [0, 0.1) is 0 Å². The Labute approximate surface area is 155 Å². The molecule has 0 aliphatic carbocycles. The predicted molar refractivity (Wildman–Crippen MR) is 100 cm³/mol. The highest BCUT2D eigenvalue weighted by atomic mass is 79.9. The second kappa shape index (κ2) is 9.22. The number of ether oxygens (including phenoxy) is 1. The summed E-state index contributed by atoms with van der Waals surface area (Å²) < 4.78 is 6.39. The van der Waals surface area contributed by atoms with Gasteiger partial charge in [-0.25, -0.2) is 0 Å². The summed E-state index contributed by atoms with van der Waals surface area (Å²) in [5.41, 5.74) is 1.88. The first-order valence-corrected chi connectivity index (χ1v) is 8.84. The number of aliphatic carboxylic acids is 1. The molecule has 0 aromatic heterocycles. The molecule has 2 aromatic rings. The van der Waals surface area contributed by atoms with E-state index in [2.05, 4.69) is 21.2 Å². The van der Waals surface area contributed by atoms with E-state index in [9.17, 15) is 9.59 Å². The van der Waals surface area contributed by atoms with Crippen molar-refractivity contribution >= 4 is 33.5 Å². The fraction of sp³-hybridized carbons (Fsp3) is 0.263. The van der Waals surface area contributed by atoms with Crippen molar-refractivity contribution in [1.29, 1.82) is 0 Å². The highest BCUT2D eigenvalue weighted by Gasteiger charge is 2.13. The smallest absolute Gasteiger partial charge is 0.303 e. The summed E-state index contributed by atoms with van der Waals surface area (Å²) in [4.78, 5) is 23.3. The summed E-state index contributed by atoms with van der Waals surface area (Å²) in [5, 5.41) is 11.7. The molecule has 25 heavy (non-hydrogen) atoms. The van der Waals surface area contributed by atoms with Crippen LogP contribution < -0.4 is 10.1 Å². The summed E-state index contributed by atoms with van der Waals surface area (Å²) in [7, 11) is 0. The molecule has 0 aliphatic rings. The number of halogens is 1. The van der Waals surface area contributed by atoms with Crippen molar-refractivity contribution in [2.75, 3.05) is 11.9 Å². The summed E-state index contributed by atoms with van der Waals surface area (Å²) in [6, 6.07) is 12.5. The lowest BCUT2D eigenvalue weighted by atomic mass is 10.1. The van der Waals surface area contributed by atoms with Crippen LogP contribution in [0.25, 0.3) is 0 Å². The minimum absolute atomic E-state index is 0.0345. The van der Waals surface area contributed by atoms with Crippen molar-refractivity contribution in [1.82, 2.24) is 0 Å². The topological polar surface area (TPSA) is 75.6 Å². The second-order valence-corrected chi connectivity index (χ2v) is 6.36. The molecule has 6 heteroatoms. The van der Waals surface area contributed by atoms with Crippen molar-refractivity contribution in [3.63, 3.8) is 0 Å². The Morgan fingerprint density at radius 2 is 1.96 bits per heavy atom. The van der Waals surface area contributed by atoms with Crippen LogP contribution in [0.15, 0.2) is 46.9 Å². The minimum atomic E-state index is -0.856. The molecular formula is C19H20BrNO4. The van der Waals surface area contributed by atoms with Gasteiger partial charge in [-0.15, -0.1) is 0 Å². The number of carbonyl (C=O) groups is 2. The van der Waals surface area contributed by atoms with Gasteiger partial charge in [0.1, 0.15) is 5.75 Å². The first-order valence-electron chi connectivity index (χ1n) is 8.04. The van der Waals surface area contributed by atoms with Crippen LogP contribution in [-0.2, 0) is 11.2 Å². The maximum Gasteiger partial charge on any atom is 0.303 e. The number of amides is 1. The molecule has 0 radical (unpaired) electrons. The second-order valence-electron chi connectivity index (χ2n) is 5.51. The number of aryl methyl sites for hydroxylation is 1. The van der Waals surface area contributed by atoms with Gasteiger partial charge in [0, 0.05) is 10.9 Å². The first-order chi connectivity index (χ1) is 12.0. The highest BCUT2D eigenvalue weighted by molar-refractivity contribution is 9.10. The molecular weight excluding hydrogens is 386 g/mol. The van der Waals surface area contributed by atoms with Crippen LogP contribution in [0.2, 0.25) is 0 Å². The lowest BCUT2D eigenvalue weighted by Crippen LogP contribution is -2.14. The Bertz CT molecular complexity index is 761. The Hall–Kier alpha value is -2.34. The standard InChI is InChI=1S/C19H20BrNO4/c1-2-11-25-17-9-7-13(8-10-18(22)23)12-16(17)21-19(24)14-5-3-4-6-15(14)20/h3-7,9,12H,2,8,10-11H2,1H3,(H,21,24)(H,22,23). The molecule has 0 saturated heterocycles. The molecule has 0 spiro atoms. The molecule has 0 heterocycles. The number of benzene rings is 2. The van der Waals surface area contributed by atoms with E-state index >= 15 is 0 Å². The fourth-order valence-corrected chi connectivity index (χ4v) is 2.72. The van der Waals surface area contributed by atoms with E-state index in [1.54, 1.807) is 30.3 Å². The summed E-state index contributed by atoms with van der Waals surface area (Å²) in [6.45, 7) is 2.53. The Balaban J connectivity index is 2.25. The van der Waals surface area contributed by atoms with E-state index in [4.69, 9.17) is 9.84 Å². The number of anilines is 1. The summed E-state index contributed by atoms with van der Waals surface area (Å²) in [5.74, 6) is -0.546. The molecule has 2 N–H and O–H groups in total. The van der Waals surface area contributed by atoms with E-state index in [1.165, 1.54) is 0 Å². The number of hydrogen-bond acceptors (Lipinski definition) is 3. The quantitative estimate of drug-likeness (QED) is 0.677. The number of carbonyl (C=O) groups excluding carboxylic acids is 1. The van der Waals surface area contributed by atoms with Crippen LogP contribution in [0.1, 0.15) is 35.7 Å². The maximum absolute atomic E-state index is 12.5. The average Bonchev–Trinajstić information content (AvgIpc) is 2.59. The molecule has 0 atom stereocenters. The lowest BCUT2D eigenvalue weighted by molar-refractivity contribution is -0.136. The van der Waals surface area contributed by atoms with Crippen LogP contribution in [0.3, 0.4) is 0 Å². The van der Waals surface area contributed by atoms with E-state index in [0.29, 0.717) is 34.5 Å². The van der Waals surface area contributed by atoms with Gasteiger partial charge in [0.2, 0.25) is 0 Å². The highest BCUT2D eigenvalue weighted by Crippen LogP contribution is 2.28. The molecule has 0 unspecified atom stereocenters. The first kappa shape index (κ1) is 19.0. The Kier molecular flexibility index (Phi) is 7.01. The van der Waals surface area contributed by atoms with Gasteiger partial charge in [0.05, 0.1) is 17.9 Å². The number of carboxylic acids is 1. The molecule has 132 valence electrons. The molecule has 5 nitrogen and oxygen atoms in total. The Morgan fingerprint density at radius 1 is 1.20 bits per heavy atom. The van der Waals surface area contributed by atoms with E-state index < -0.39 is 5.97 Å². The van der Waals surface area contributed by atoms with Gasteiger partial charge < -0.3 is 15.2 Å². The van der Waals surface area contributed by atoms with E-state index in [1.807, 2.05) is 19.1 Å². The minimum Gasteiger partial charge on any atom is -0.491 e. The van der Waals surface area contributed by atoms with Crippen LogP contribution in [-0.4, -0.2) is 23.6 Å². The monoisotopic (exact) mass is 405 g/mol. The SMILES string of the molecule is CCCOc1ccc(CCC(=O)O)cc1NC(=O)c1ccccc1Br. The molecule has 0 aliphatic heterocycles. The van der Waals surface area contributed by atoms with Crippen LogP contribution in [0.4, 0.5) is 5.69 Å². The summed E-state index contributed by atoms with van der Waals surface area (Å²) in [6.07, 6.45) is 1.27. The Morgan fingerprint density at radius 3 is 2.64 bits per heavy atom. The van der Waals surface area contributed by atoms with Crippen molar-refractivity contribution in [2.45, 2.75) is 26.2 Å². The number of carboxylic acid groups (broad SMARTS) is 1. The van der Waals surface area contributed by atoms with E-state index in [-0.39, 0.29) is 12.3 Å². The normalized spacial score (nSPS) is 10.3. The van der Waals surface area contributed by atoms with E-state index in [0.717, 1.165) is 12.0 Å². The largest absolute Gasteiger partial charge is 0.491 e. The summed E-state index contributed by atoms with van der Waals surface area (Å²) >= 11 is 3.37. The van der Waals surface area contributed by atoms with Gasteiger partial charge >= 0.3 is 5.97 Å². The molecule has 0 bridgehead atoms. The fourth-order valence-electron chi connectivity index (χ4n) is 2.25. The van der Waals surface area contributed by atoms with Gasteiger partial charge in [0.15, 0.2) is 0 Å². The van der Waals surface area contributed by atoms with Crippen LogP contribution >= 0.6 is 15.9 Å².